The van der Waals surface area contributed by atoms with Gasteiger partial charge in [-0.1, -0.05) is 12.1 Å². The number of nitrogens with zero attached hydrogens (tertiary/aromatic N) is 4. The largest absolute Gasteiger partial charge is 0.497 e. The molecule has 0 saturated heterocycles. The van der Waals surface area contributed by atoms with E-state index < -0.39 is 0 Å². The van der Waals surface area contributed by atoms with Crippen LogP contribution in [0.5, 0.6) is 5.75 Å². The van der Waals surface area contributed by atoms with Crippen molar-refractivity contribution in [1.29, 1.82) is 0 Å². The number of nitrogens with one attached hydrogen (secondary N) is 1. The van der Waals surface area contributed by atoms with Gasteiger partial charge >= 0.3 is 0 Å². The molecular formula is C16H18ClN5O. The number of hydrogen-bond donors (Lipinski definition) is 1. The van der Waals surface area contributed by atoms with Gasteiger partial charge in [0, 0.05) is 12.6 Å². The van der Waals surface area contributed by atoms with E-state index >= 15 is 0 Å². The first kappa shape index (κ1) is 15.6. The van der Waals surface area contributed by atoms with Crippen LogP contribution in [0.3, 0.4) is 0 Å². The second-order valence-electron chi connectivity index (χ2n) is 5.46. The van der Waals surface area contributed by atoms with E-state index in [0.717, 1.165) is 17.0 Å². The van der Waals surface area contributed by atoms with Crippen molar-refractivity contribution in [2.45, 2.75) is 26.4 Å². The van der Waals surface area contributed by atoms with Crippen LogP contribution < -0.4 is 10.1 Å². The number of fused-ring (bicyclic) bond motifs is 1. The molecule has 0 radical (unpaired) electrons. The summed E-state index contributed by atoms with van der Waals surface area (Å²) >= 11 is 6.06. The highest BCUT2D eigenvalue weighted by Crippen LogP contribution is 2.24. The zero-order valence-electron chi connectivity index (χ0n) is 13.2. The van der Waals surface area contributed by atoms with Gasteiger partial charge in [-0.3, -0.25) is 0 Å². The lowest BCUT2D eigenvalue weighted by atomic mass is 10.2. The summed E-state index contributed by atoms with van der Waals surface area (Å²) in [4.78, 5) is 13.0. The molecule has 0 aliphatic carbocycles. The molecule has 0 fully saturated rings. The minimum atomic E-state index is 0.202. The van der Waals surface area contributed by atoms with E-state index in [1.807, 2.05) is 28.8 Å². The van der Waals surface area contributed by atoms with E-state index in [0.29, 0.717) is 17.9 Å². The monoisotopic (exact) mass is 331 g/mol. The van der Waals surface area contributed by atoms with Crippen LogP contribution >= 0.6 is 11.6 Å². The zero-order valence-corrected chi connectivity index (χ0v) is 14.0. The fourth-order valence-electron chi connectivity index (χ4n) is 2.36. The summed E-state index contributed by atoms with van der Waals surface area (Å²) in [5.41, 5.74) is 2.52. The Morgan fingerprint density at radius 1 is 1.30 bits per heavy atom. The summed E-state index contributed by atoms with van der Waals surface area (Å²) in [5.74, 6) is 1.45. The van der Waals surface area contributed by atoms with Crippen molar-refractivity contribution >= 4 is 28.6 Å². The molecule has 2 aromatic heterocycles. The van der Waals surface area contributed by atoms with Crippen molar-refractivity contribution in [2.75, 3.05) is 12.4 Å². The first-order valence-corrected chi connectivity index (χ1v) is 7.73. The van der Waals surface area contributed by atoms with Crippen molar-refractivity contribution in [3.05, 3.63) is 41.4 Å². The molecule has 23 heavy (non-hydrogen) atoms. The SMILES string of the molecule is COc1cccc(CNc2nc(Cl)nc3c2ncn3C(C)C)c1. The van der Waals surface area contributed by atoms with Crippen LogP contribution in [0, 0.1) is 0 Å². The molecule has 6 nitrogen and oxygen atoms in total. The Morgan fingerprint density at radius 3 is 2.87 bits per heavy atom. The Balaban J connectivity index is 1.90. The summed E-state index contributed by atoms with van der Waals surface area (Å²) < 4.78 is 7.21. The Labute approximate surface area is 139 Å². The molecule has 0 aliphatic rings. The molecular weight excluding hydrogens is 314 g/mol. The van der Waals surface area contributed by atoms with E-state index in [4.69, 9.17) is 16.3 Å². The number of hydrogen-bond acceptors (Lipinski definition) is 5. The summed E-state index contributed by atoms with van der Waals surface area (Å²) in [7, 11) is 1.65. The van der Waals surface area contributed by atoms with Crippen LogP contribution in [-0.4, -0.2) is 26.6 Å². The van der Waals surface area contributed by atoms with E-state index in [1.54, 1.807) is 13.4 Å². The number of ether oxygens (including phenoxy) is 1. The van der Waals surface area contributed by atoms with Gasteiger partial charge in [-0.25, -0.2) is 4.98 Å². The Hall–Kier alpha value is -2.34. The summed E-state index contributed by atoms with van der Waals surface area (Å²) in [6, 6.07) is 8.10. The fraction of sp³-hybridized carbons (Fsp3) is 0.312. The van der Waals surface area contributed by atoms with E-state index in [2.05, 4.69) is 34.1 Å². The lowest BCUT2D eigenvalue weighted by Crippen LogP contribution is -2.05. The Morgan fingerprint density at radius 2 is 2.13 bits per heavy atom. The topological polar surface area (TPSA) is 64.9 Å². The molecule has 1 aromatic carbocycles. The average Bonchev–Trinajstić information content (AvgIpc) is 2.96. The summed E-state index contributed by atoms with van der Waals surface area (Å²) in [5, 5.41) is 3.48. The van der Waals surface area contributed by atoms with Crippen molar-refractivity contribution < 1.29 is 4.74 Å². The van der Waals surface area contributed by atoms with Crippen LogP contribution in [0.1, 0.15) is 25.5 Å². The second-order valence-corrected chi connectivity index (χ2v) is 5.80. The van der Waals surface area contributed by atoms with Crippen molar-refractivity contribution in [3.63, 3.8) is 0 Å². The smallest absolute Gasteiger partial charge is 0.226 e. The zero-order chi connectivity index (χ0) is 16.4. The Kier molecular flexibility index (Phi) is 4.34. The molecule has 7 heteroatoms. The molecule has 0 atom stereocenters. The summed E-state index contributed by atoms with van der Waals surface area (Å²) in [6.07, 6.45) is 1.76. The quantitative estimate of drug-likeness (QED) is 0.722. The number of imidazole rings is 1. The molecule has 0 spiro atoms. The minimum absolute atomic E-state index is 0.202. The number of benzene rings is 1. The molecule has 0 bridgehead atoms. The van der Waals surface area contributed by atoms with Gasteiger partial charge in [0.05, 0.1) is 13.4 Å². The van der Waals surface area contributed by atoms with E-state index in [1.165, 1.54) is 0 Å². The van der Waals surface area contributed by atoms with Gasteiger partial charge in [-0.2, -0.15) is 9.97 Å². The first-order valence-electron chi connectivity index (χ1n) is 7.35. The standard InChI is InChI=1S/C16H18ClN5O/c1-10(2)22-9-19-13-14(20-16(17)21-15(13)22)18-8-11-5-4-6-12(7-11)23-3/h4-7,9-10H,8H2,1-3H3,(H,18,20,21). The molecule has 0 saturated carbocycles. The minimum Gasteiger partial charge on any atom is -0.497 e. The van der Waals surface area contributed by atoms with Gasteiger partial charge in [0.2, 0.25) is 5.28 Å². The van der Waals surface area contributed by atoms with Gasteiger partial charge in [0.15, 0.2) is 17.0 Å². The van der Waals surface area contributed by atoms with Gasteiger partial charge in [-0.05, 0) is 43.1 Å². The van der Waals surface area contributed by atoms with Crippen molar-refractivity contribution in [1.82, 2.24) is 19.5 Å². The highest BCUT2D eigenvalue weighted by Gasteiger charge is 2.14. The van der Waals surface area contributed by atoms with Crippen LogP contribution in [0.2, 0.25) is 5.28 Å². The highest BCUT2D eigenvalue weighted by atomic mass is 35.5. The molecule has 0 aliphatic heterocycles. The normalized spacial score (nSPS) is 11.2. The Bertz CT molecular complexity index is 830. The van der Waals surface area contributed by atoms with Crippen LogP contribution in [0.25, 0.3) is 11.2 Å². The van der Waals surface area contributed by atoms with Gasteiger partial charge < -0.3 is 14.6 Å². The third kappa shape index (κ3) is 3.22. The molecule has 3 aromatic rings. The average molecular weight is 332 g/mol. The van der Waals surface area contributed by atoms with Gasteiger partial charge in [-0.15, -0.1) is 0 Å². The molecule has 2 heterocycles. The lowest BCUT2D eigenvalue weighted by molar-refractivity contribution is 0.414. The lowest BCUT2D eigenvalue weighted by Gasteiger charge is -2.10. The third-order valence-corrected chi connectivity index (χ3v) is 3.71. The van der Waals surface area contributed by atoms with E-state index in [9.17, 15) is 0 Å². The van der Waals surface area contributed by atoms with E-state index in [-0.39, 0.29) is 11.3 Å². The van der Waals surface area contributed by atoms with Gasteiger partial charge in [0.25, 0.3) is 0 Å². The third-order valence-electron chi connectivity index (χ3n) is 3.54. The van der Waals surface area contributed by atoms with Crippen LogP contribution in [0.15, 0.2) is 30.6 Å². The molecule has 0 amide bonds. The molecule has 3 rings (SSSR count). The number of methoxy groups -OCH3 is 1. The predicted octanol–water partition coefficient (Wildman–Crippen LogP) is 3.68. The van der Waals surface area contributed by atoms with Gasteiger partial charge in [0.1, 0.15) is 5.75 Å². The fourth-order valence-corrected chi connectivity index (χ4v) is 2.52. The maximum absolute atomic E-state index is 6.06. The number of rotatable bonds is 5. The van der Waals surface area contributed by atoms with Crippen molar-refractivity contribution in [3.8, 4) is 5.75 Å². The highest BCUT2D eigenvalue weighted by molar-refractivity contribution is 6.28. The van der Waals surface area contributed by atoms with Crippen molar-refractivity contribution in [2.24, 2.45) is 0 Å². The number of halogens is 1. The number of anilines is 1. The summed E-state index contributed by atoms with van der Waals surface area (Å²) in [6.45, 7) is 4.73. The maximum atomic E-state index is 6.06. The van der Waals surface area contributed by atoms with Crippen LogP contribution in [0.4, 0.5) is 5.82 Å². The molecule has 0 unspecified atom stereocenters. The van der Waals surface area contributed by atoms with Crippen LogP contribution in [-0.2, 0) is 6.54 Å². The molecule has 120 valence electrons. The number of aromatic nitrogens is 4. The molecule has 1 N–H and O–H groups in total. The predicted molar refractivity (Wildman–Crippen MR) is 91.0 cm³/mol. The second kappa shape index (κ2) is 6.42. The first-order chi connectivity index (χ1) is 11.1. The maximum Gasteiger partial charge on any atom is 0.226 e.